The molecule has 0 aliphatic carbocycles. The van der Waals surface area contributed by atoms with Crippen molar-refractivity contribution in [3.05, 3.63) is 59.7 Å². The second-order valence-corrected chi connectivity index (χ2v) is 4.71. The molecule has 0 aliphatic rings. The number of esters is 1. The average Bonchev–Trinajstić information content (AvgIpc) is 2.61. The highest BCUT2D eigenvalue weighted by molar-refractivity contribution is 5.89. The zero-order valence-electron chi connectivity index (χ0n) is 12.8. The van der Waals surface area contributed by atoms with Crippen LogP contribution >= 0.6 is 0 Å². The molecule has 0 radical (unpaired) electrons. The number of nitriles is 1. The van der Waals surface area contributed by atoms with Gasteiger partial charge in [-0.15, -0.1) is 0 Å². The highest BCUT2D eigenvalue weighted by Crippen LogP contribution is 2.14. The molecule has 0 bridgehead atoms. The van der Waals surface area contributed by atoms with Crippen molar-refractivity contribution >= 4 is 5.97 Å². The van der Waals surface area contributed by atoms with Gasteiger partial charge in [-0.3, -0.25) is 0 Å². The molecule has 118 valence electrons. The smallest absolute Gasteiger partial charge is 0.337 e. The summed E-state index contributed by atoms with van der Waals surface area (Å²) in [4.78, 5) is 11.3. The Morgan fingerprint density at radius 3 is 2.39 bits per heavy atom. The zero-order chi connectivity index (χ0) is 16.5. The minimum absolute atomic E-state index is 0.371. The molecule has 2 aromatic carbocycles. The molecule has 0 fully saturated rings. The van der Waals surface area contributed by atoms with E-state index in [0.29, 0.717) is 42.3 Å². The second-order valence-electron chi connectivity index (χ2n) is 4.71. The third-order valence-corrected chi connectivity index (χ3v) is 3.06. The fraction of sp³-hybridized carbons (Fsp3) is 0.222. The molecule has 0 aliphatic heterocycles. The number of carbonyl (C=O) groups excluding carboxylic acids is 1. The van der Waals surface area contributed by atoms with Crippen LogP contribution in [0, 0.1) is 11.3 Å². The van der Waals surface area contributed by atoms with Crippen LogP contribution < -0.4 is 9.47 Å². The Hall–Kier alpha value is -3.00. The maximum absolute atomic E-state index is 11.3. The Morgan fingerprint density at radius 1 is 1.04 bits per heavy atom. The molecular formula is C18H17NO4. The fourth-order valence-corrected chi connectivity index (χ4v) is 1.90. The highest BCUT2D eigenvalue weighted by Gasteiger charge is 2.04. The van der Waals surface area contributed by atoms with Crippen molar-refractivity contribution in [1.82, 2.24) is 0 Å². The molecule has 0 N–H and O–H groups in total. The van der Waals surface area contributed by atoms with Gasteiger partial charge >= 0.3 is 5.97 Å². The van der Waals surface area contributed by atoms with E-state index in [1.165, 1.54) is 7.11 Å². The molecule has 0 saturated heterocycles. The number of ether oxygens (including phenoxy) is 3. The van der Waals surface area contributed by atoms with Gasteiger partial charge in [0.05, 0.1) is 37.5 Å². The largest absolute Gasteiger partial charge is 0.493 e. The summed E-state index contributed by atoms with van der Waals surface area (Å²) in [5.41, 5.74) is 1.06. The Balaban J connectivity index is 1.71. The quantitative estimate of drug-likeness (QED) is 0.580. The summed E-state index contributed by atoms with van der Waals surface area (Å²) in [7, 11) is 1.35. The van der Waals surface area contributed by atoms with Crippen molar-refractivity contribution < 1.29 is 19.0 Å². The minimum Gasteiger partial charge on any atom is -0.493 e. The third kappa shape index (κ3) is 5.04. The van der Waals surface area contributed by atoms with E-state index in [9.17, 15) is 4.79 Å². The number of benzene rings is 2. The first-order valence-electron chi connectivity index (χ1n) is 7.17. The van der Waals surface area contributed by atoms with Gasteiger partial charge in [-0.05, 0) is 42.5 Å². The van der Waals surface area contributed by atoms with E-state index in [-0.39, 0.29) is 5.97 Å². The minimum atomic E-state index is -0.371. The monoisotopic (exact) mass is 311 g/mol. The van der Waals surface area contributed by atoms with Gasteiger partial charge in [0.2, 0.25) is 0 Å². The van der Waals surface area contributed by atoms with Gasteiger partial charge in [-0.1, -0.05) is 6.07 Å². The summed E-state index contributed by atoms with van der Waals surface area (Å²) in [5, 5.41) is 8.81. The number of rotatable bonds is 7. The van der Waals surface area contributed by atoms with Gasteiger partial charge in [0.15, 0.2) is 0 Å². The number of carbonyl (C=O) groups is 1. The molecular weight excluding hydrogens is 294 g/mol. The van der Waals surface area contributed by atoms with Crippen molar-refractivity contribution in [3.63, 3.8) is 0 Å². The van der Waals surface area contributed by atoms with Crippen LogP contribution in [0.4, 0.5) is 0 Å². The number of methoxy groups -OCH3 is 1. The summed E-state index contributed by atoms with van der Waals surface area (Å²) < 4.78 is 15.8. The van der Waals surface area contributed by atoms with Gasteiger partial charge in [-0.2, -0.15) is 5.26 Å². The summed E-state index contributed by atoms with van der Waals surface area (Å²) in [5.74, 6) is 0.986. The van der Waals surface area contributed by atoms with Crippen molar-refractivity contribution in [2.75, 3.05) is 20.3 Å². The van der Waals surface area contributed by atoms with Crippen LogP contribution in [0.25, 0.3) is 0 Å². The van der Waals surface area contributed by atoms with Gasteiger partial charge in [0, 0.05) is 6.42 Å². The van der Waals surface area contributed by atoms with E-state index in [2.05, 4.69) is 10.8 Å². The second kappa shape index (κ2) is 8.44. The first kappa shape index (κ1) is 16.4. The predicted octanol–water partition coefficient (Wildman–Crippen LogP) is 3.19. The van der Waals surface area contributed by atoms with Crippen LogP contribution in [0.5, 0.6) is 11.5 Å². The lowest BCUT2D eigenvalue weighted by molar-refractivity contribution is 0.0600. The first-order chi connectivity index (χ1) is 11.2. The summed E-state index contributed by atoms with van der Waals surface area (Å²) in [6, 6.07) is 15.9. The Morgan fingerprint density at radius 2 is 1.74 bits per heavy atom. The van der Waals surface area contributed by atoms with Crippen molar-refractivity contribution in [1.29, 1.82) is 5.26 Å². The van der Waals surface area contributed by atoms with Crippen LogP contribution in [0.1, 0.15) is 22.3 Å². The lowest BCUT2D eigenvalue weighted by Gasteiger charge is -2.08. The molecule has 5 heteroatoms. The Bertz CT molecular complexity index is 689. The van der Waals surface area contributed by atoms with E-state index in [1.54, 1.807) is 42.5 Å². The Labute approximate surface area is 135 Å². The third-order valence-electron chi connectivity index (χ3n) is 3.06. The van der Waals surface area contributed by atoms with E-state index in [4.69, 9.17) is 14.7 Å². The average molecular weight is 311 g/mol. The SMILES string of the molecule is COC(=O)c1ccc(OCCCOc2cccc(C#N)c2)cc1. The van der Waals surface area contributed by atoms with Gasteiger partial charge in [-0.25, -0.2) is 4.79 Å². The van der Waals surface area contributed by atoms with E-state index >= 15 is 0 Å². The van der Waals surface area contributed by atoms with Crippen LogP contribution in [-0.2, 0) is 4.74 Å². The lowest BCUT2D eigenvalue weighted by Crippen LogP contribution is -2.05. The zero-order valence-corrected chi connectivity index (χ0v) is 12.8. The molecule has 0 saturated carbocycles. The lowest BCUT2D eigenvalue weighted by atomic mass is 10.2. The van der Waals surface area contributed by atoms with Crippen LogP contribution in [-0.4, -0.2) is 26.3 Å². The van der Waals surface area contributed by atoms with E-state index < -0.39 is 0 Å². The highest BCUT2D eigenvalue weighted by atomic mass is 16.5. The van der Waals surface area contributed by atoms with E-state index in [1.807, 2.05) is 6.07 Å². The molecule has 0 heterocycles. The fourth-order valence-electron chi connectivity index (χ4n) is 1.90. The maximum Gasteiger partial charge on any atom is 0.337 e. The van der Waals surface area contributed by atoms with Crippen LogP contribution in [0.15, 0.2) is 48.5 Å². The molecule has 0 atom stereocenters. The number of hydrogen-bond acceptors (Lipinski definition) is 5. The van der Waals surface area contributed by atoms with Gasteiger partial charge in [0.1, 0.15) is 11.5 Å². The van der Waals surface area contributed by atoms with Crippen molar-refractivity contribution in [3.8, 4) is 17.6 Å². The Kier molecular flexibility index (Phi) is 6.01. The molecule has 2 rings (SSSR count). The van der Waals surface area contributed by atoms with Crippen molar-refractivity contribution in [2.24, 2.45) is 0 Å². The van der Waals surface area contributed by atoms with Crippen LogP contribution in [0.2, 0.25) is 0 Å². The standard InChI is InChI=1S/C18H17NO4/c1-21-18(20)15-6-8-16(9-7-15)22-10-3-11-23-17-5-2-4-14(12-17)13-19/h2,4-9,12H,3,10-11H2,1H3. The number of nitrogens with zero attached hydrogens (tertiary/aromatic N) is 1. The normalized spacial score (nSPS) is 9.74. The molecule has 0 aromatic heterocycles. The first-order valence-corrected chi connectivity index (χ1v) is 7.17. The molecule has 2 aromatic rings. The van der Waals surface area contributed by atoms with Crippen molar-refractivity contribution in [2.45, 2.75) is 6.42 Å². The van der Waals surface area contributed by atoms with E-state index in [0.717, 1.165) is 0 Å². The number of hydrogen-bond donors (Lipinski definition) is 0. The van der Waals surface area contributed by atoms with Crippen LogP contribution in [0.3, 0.4) is 0 Å². The van der Waals surface area contributed by atoms with Gasteiger partial charge in [0.25, 0.3) is 0 Å². The molecule has 23 heavy (non-hydrogen) atoms. The predicted molar refractivity (Wildman–Crippen MR) is 84.5 cm³/mol. The summed E-state index contributed by atoms with van der Waals surface area (Å²) >= 11 is 0. The summed E-state index contributed by atoms with van der Waals surface area (Å²) in [6.07, 6.45) is 0.704. The maximum atomic E-state index is 11.3. The topological polar surface area (TPSA) is 68.6 Å². The molecule has 0 unspecified atom stereocenters. The summed E-state index contributed by atoms with van der Waals surface area (Å²) in [6.45, 7) is 0.991. The molecule has 0 spiro atoms. The molecule has 0 amide bonds. The van der Waals surface area contributed by atoms with Gasteiger partial charge < -0.3 is 14.2 Å². The molecule has 5 nitrogen and oxygen atoms in total.